The van der Waals surface area contributed by atoms with E-state index >= 15 is 0 Å². The molecule has 0 saturated heterocycles. The zero-order chi connectivity index (χ0) is 14.2. The minimum atomic E-state index is -0.0725. The molecule has 6 heteroatoms. The molecule has 0 aromatic heterocycles. The van der Waals surface area contributed by atoms with Crippen LogP contribution in [0.25, 0.3) is 0 Å². The Kier molecular flexibility index (Phi) is 36.2. The average molecular weight is 333 g/mol. The third kappa shape index (κ3) is 27.3. The Bertz CT molecular complexity index is 137. The molecule has 122 valence electrons. The third-order valence-corrected chi connectivity index (χ3v) is 1.80. The summed E-state index contributed by atoms with van der Waals surface area (Å²) < 4.78 is 20.5. The molecule has 2 unspecified atom stereocenters. The fourth-order valence-electron chi connectivity index (χ4n) is 1.06. The van der Waals surface area contributed by atoms with Gasteiger partial charge in [0.25, 0.3) is 0 Å². The first-order chi connectivity index (χ1) is 8.62. The number of hydrogen-bond acceptors (Lipinski definition) is 4. The first-order valence-electron chi connectivity index (χ1n) is 6.67. The van der Waals surface area contributed by atoms with Crippen LogP contribution in [-0.4, -0.2) is 39.0 Å². The maximum Gasteiger partial charge on any atom is 1.00 e. The van der Waals surface area contributed by atoms with E-state index in [1.807, 2.05) is 27.7 Å². The minimum absolute atomic E-state index is 0. The molecule has 2 atom stereocenters. The summed E-state index contributed by atoms with van der Waals surface area (Å²) in [5.74, 6) is 0. The van der Waals surface area contributed by atoms with Gasteiger partial charge in [0.05, 0.1) is 0 Å². The van der Waals surface area contributed by atoms with Crippen molar-refractivity contribution in [3.63, 3.8) is 0 Å². The van der Waals surface area contributed by atoms with Crippen LogP contribution in [0.3, 0.4) is 0 Å². The standard InChI is InChI=1S/2C7H15O2.Cu.Li/c2*1-4-6-9-7(3)8-5-2;;/h2*7H,1,4-6H2,2-3H3;;/q2*-1;2*+1. The van der Waals surface area contributed by atoms with E-state index < -0.39 is 0 Å². The minimum Gasteiger partial charge on any atom is -0.356 e. The number of hydrogen-bond donors (Lipinski definition) is 0. The fourth-order valence-corrected chi connectivity index (χ4v) is 1.06. The summed E-state index contributed by atoms with van der Waals surface area (Å²) in [6, 6.07) is 0. The molecule has 0 N–H and O–H groups in total. The zero-order valence-electron chi connectivity index (χ0n) is 13.7. The van der Waals surface area contributed by atoms with Crippen molar-refractivity contribution in [3.8, 4) is 0 Å². The molecular weight excluding hydrogens is 303 g/mol. The van der Waals surface area contributed by atoms with E-state index in [2.05, 4.69) is 13.8 Å². The Balaban J connectivity index is -0.000000116. The SMILES string of the molecule is [CH2-]CCOC(C)OCC.[CH2-]CCOC(C)OCC.[Cu+].[Li+]. The summed E-state index contributed by atoms with van der Waals surface area (Å²) in [5, 5.41) is 0. The molecule has 0 aliphatic rings. The number of rotatable bonds is 10. The van der Waals surface area contributed by atoms with Gasteiger partial charge in [-0.1, -0.05) is 0 Å². The van der Waals surface area contributed by atoms with E-state index in [1.165, 1.54) is 0 Å². The van der Waals surface area contributed by atoms with Gasteiger partial charge in [-0.15, -0.1) is 0 Å². The second-order valence-electron chi connectivity index (χ2n) is 3.49. The molecule has 0 aliphatic carbocycles. The molecule has 0 aromatic carbocycles. The molecule has 0 heterocycles. The average Bonchev–Trinajstić information content (AvgIpc) is 2.35. The van der Waals surface area contributed by atoms with Gasteiger partial charge in [0.15, 0.2) is 12.6 Å². The largest absolute Gasteiger partial charge is 1.00 e. The van der Waals surface area contributed by atoms with E-state index in [0.29, 0.717) is 26.4 Å². The first-order valence-corrected chi connectivity index (χ1v) is 6.67. The van der Waals surface area contributed by atoms with Crippen LogP contribution in [0.5, 0.6) is 0 Å². The fraction of sp³-hybridized carbons (Fsp3) is 0.857. The maximum absolute atomic E-state index is 5.15. The predicted octanol–water partition coefficient (Wildman–Crippen LogP) is 0.221. The Labute approximate surface area is 148 Å². The first kappa shape index (κ1) is 29.0. The van der Waals surface area contributed by atoms with Crippen LogP contribution in [0.1, 0.15) is 40.5 Å². The second kappa shape index (κ2) is 24.9. The molecule has 0 rings (SSSR count). The van der Waals surface area contributed by atoms with Crippen molar-refractivity contribution in [2.75, 3.05) is 26.4 Å². The van der Waals surface area contributed by atoms with Gasteiger partial charge in [0, 0.05) is 26.4 Å². The maximum atomic E-state index is 5.15. The normalized spacial score (nSPS) is 12.3. The smallest absolute Gasteiger partial charge is 0.356 e. The predicted molar refractivity (Wildman–Crippen MR) is 74.0 cm³/mol. The quantitative estimate of drug-likeness (QED) is 0.326. The topological polar surface area (TPSA) is 36.9 Å². The molecule has 0 spiro atoms. The van der Waals surface area contributed by atoms with Crippen molar-refractivity contribution in [1.82, 2.24) is 0 Å². The van der Waals surface area contributed by atoms with Crippen molar-refractivity contribution in [2.24, 2.45) is 0 Å². The molecule has 0 bridgehead atoms. The van der Waals surface area contributed by atoms with E-state index in [1.54, 1.807) is 0 Å². The molecule has 0 aliphatic heterocycles. The Hall–Kier alpha value is 0.957. The molecule has 0 amide bonds. The molecule has 0 aromatic rings. The van der Waals surface area contributed by atoms with E-state index in [-0.39, 0.29) is 48.5 Å². The van der Waals surface area contributed by atoms with Gasteiger partial charge in [-0.25, -0.2) is 0 Å². The van der Waals surface area contributed by atoms with Crippen LogP contribution >= 0.6 is 0 Å². The Morgan fingerprint density at radius 3 is 1.25 bits per heavy atom. The summed E-state index contributed by atoms with van der Waals surface area (Å²) in [7, 11) is 0. The monoisotopic (exact) mass is 332 g/mol. The van der Waals surface area contributed by atoms with Crippen molar-refractivity contribution in [1.29, 1.82) is 0 Å². The summed E-state index contributed by atoms with van der Waals surface area (Å²) in [6.45, 7) is 17.7. The van der Waals surface area contributed by atoms with E-state index in [4.69, 9.17) is 18.9 Å². The van der Waals surface area contributed by atoms with Crippen molar-refractivity contribution >= 4 is 0 Å². The molecular formula is C14H30CuLiO4. The summed E-state index contributed by atoms with van der Waals surface area (Å²) in [6.07, 6.45) is 1.46. The molecule has 0 fully saturated rings. The Morgan fingerprint density at radius 1 is 0.750 bits per heavy atom. The van der Waals surface area contributed by atoms with Gasteiger partial charge >= 0.3 is 35.9 Å². The molecule has 0 radical (unpaired) electrons. The zero-order valence-corrected chi connectivity index (χ0v) is 14.7. The van der Waals surface area contributed by atoms with Gasteiger partial charge in [0.2, 0.25) is 0 Å². The summed E-state index contributed by atoms with van der Waals surface area (Å²) in [4.78, 5) is 0. The summed E-state index contributed by atoms with van der Waals surface area (Å²) in [5.41, 5.74) is 0. The van der Waals surface area contributed by atoms with Gasteiger partial charge < -0.3 is 32.8 Å². The molecule has 0 saturated carbocycles. The van der Waals surface area contributed by atoms with Gasteiger partial charge in [-0.3, -0.25) is 0 Å². The van der Waals surface area contributed by atoms with Crippen molar-refractivity contribution < 1.29 is 54.9 Å². The van der Waals surface area contributed by atoms with Crippen molar-refractivity contribution in [2.45, 2.75) is 53.1 Å². The van der Waals surface area contributed by atoms with Crippen LogP contribution in [0, 0.1) is 13.8 Å². The van der Waals surface area contributed by atoms with E-state index in [0.717, 1.165) is 12.8 Å². The third-order valence-electron chi connectivity index (χ3n) is 1.80. The summed E-state index contributed by atoms with van der Waals surface area (Å²) >= 11 is 0. The van der Waals surface area contributed by atoms with E-state index in [9.17, 15) is 0 Å². The van der Waals surface area contributed by atoms with Crippen molar-refractivity contribution in [3.05, 3.63) is 13.8 Å². The van der Waals surface area contributed by atoms with Gasteiger partial charge in [-0.05, 0) is 27.7 Å². The second-order valence-corrected chi connectivity index (χ2v) is 3.49. The number of ether oxygens (including phenoxy) is 4. The molecule has 4 nitrogen and oxygen atoms in total. The van der Waals surface area contributed by atoms with Crippen LogP contribution in [-0.2, 0) is 36.0 Å². The van der Waals surface area contributed by atoms with Crippen LogP contribution in [0.4, 0.5) is 0 Å². The van der Waals surface area contributed by atoms with Gasteiger partial charge in [-0.2, -0.15) is 12.8 Å². The van der Waals surface area contributed by atoms with Gasteiger partial charge in [0.1, 0.15) is 0 Å². The van der Waals surface area contributed by atoms with Crippen LogP contribution in [0.15, 0.2) is 0 Å². The molecule has 20 heavy (non-hydrogen) atoms. The Morgan fingerprint density at radius 2 is 1.05 bits per heavy atom. The van der Waals surface area contributed by atoms with Crippen LogP contribution in [0.2, 0.25) is 0 Å². The van der Waals surface area contributed by atoms with Crippen LogP contribution < -0.4 is 18.9 Å².